The highest BCUT2D eigenvalue weighted by molar-refractivity contribution is 5.94. The van der Waals surface area contributed by atoms with Gasteiger partial charge in [-0.25, -0.2) is 9.18 Å². The number of carboxylic acids is 1. The van der Waals surface area contributed by atoms with Crippen LogP contribution in [-0.2, 0) is 0 Å². The maximum atomic E-state index is 13.5. The van der Waals surface area contributed by atoms with Crippen molar-refractivity contribution in [1.29, 1.82) is 0 Å². The lowest BCUT2D eigenvalue weighted by Gasteiger charge is -2.24. The molecule has 2 atom stereocenters. The standard InChI is InChI=1S/C17H16FNO4/c1-10-7-13(11-3-2-4-12(18)8-11)19(9-10)16(20)14-5-6-15(23-14)17(21)22/h2-6,8,10,13H,7,9H2,1H3,(H,21,22). The van der Waals surface area contributed by atoms with Crippen LogP contribution in [0.15, 0.2) is 40.8 Å². The average molecular weight is 317 g/mol. The molecule has 23 heavy (non-hydrogen) atoms. The fourth-order valence-corrected chi connectivity index (χ4v) is 3.01. The molecule has 2 heterocycles. The first-order valence-corrected chi connectivity index (χ1v) is 7.35. The largest absolute Gasteiger partial charge is 0.475 e. The van der Waals surface area contributed by atoms with E-state index in [9.17, 15) is 14.0 Å². The van der Waals surface area contributed by atoms with E-state index < -0.39 is 5.97 Å². The van der Waals surface area contributed by atoms with Crippen molar-refractivity contribution < 1.29 is 23.5 Å². The van der Waals surface area contributed by atoms with Gasteiger partial charge in [0.15, 0.2) is 5.76 Å². The van der Waals surface area contributed by atoms with Gasteiger partial charge in [0, 0.05) is 6.54 Å². The van der Waals surface area contributed by atoms with Crippen LogP contribution in [0.5, 0.6) is 0 Å². The molecule has 1 saturated heterocycles. The topological polar surface area (TPSA) is 70.8 Å². The zero-order valence-corrected chi connectivity index (χ0v) is 12.5. The Bertz CT molecular complexity index is 755. The molecule has 1 aromatic heterocycles. The van der Waals surface area contributed by atoms with E-state index in [0.717, 1.165) is 12.0 Å². The monoisotopic (exact) mass is 317 g/mol. The van der Waals surface area contributed by atoms with Crippen molar-refractivity contribution in [2.75, 3.05) is 6.54 Å². The van der Waals surface area contributed by atoms with Crippen LogP contribution >= 0.6 is 0 Å². The summed E-state index contributed by atoms with van der Waals surface area (Å²) in [5.41, 5.74) is 0.729. The van der Waals surface area contributed by atoms with Gasteiger partial charge in [0.2, 0.25) is 5.76 Å². The summed E-state index contributed by atoms with van der Waals surface area (Å²) in [6.45, 7) is 2.54. The van der Waals surface area contributed by atoms with Crippen LogP contribution in [0.3, 0.4) is 0 Å². The van der Waals surface area contributed by atoms with E-state index in [0.29, 0.717) is 6.54 Å². The first-order valence-electron chi connectivity index (χ1n) is 7.35. The van der Waals surface area contributed by atoms with Gasteiger partial charge in [-0.15, -0.1) is 0 Å². The molecule has 0 radical (unpaired) electrons. The van der Waals surface area contributed by atoms with Crippen molar-refractivity contribution in [2.24, 2.45) is 5.92 Å². The molecule has 1 amide bonds. The van der Waals surface area contributed by atoms with E-state index in [4.69, 9.17) is 9.52 Å². The Morgan fingerprint density at radius 1 is 1.26 bits per heavy atom. The smallest absolute Gasteiger partial charge is 0.371 e. The molecule has 6 heteroatoms. The van der Waals surface area contributed by atoms with Crippen molar-refractivity contribution in [3.63, 3.8) is 0 Å². The molecule has 2 unspecified atom stereocenters. The van der Waals surface area contributed by atoms with Crippen LogP contribution < -0.4 is 0 Å². The average Bonchev–Trinajstić information content (AvgIpc) is 3.13. The summed E-state index contributed by atoms with van der Waals surface area (Å²) >= 11 is 0. The molecular formula is C17H16FNO4. The van der Waals surface area contributed by atoms with Gasteiger partial charge in [0.25, 0.3) is 5.91 Å². The second kappa shape index (κ2) is 5.87. The predicted molar refractivity (Wildman–Crippen MR) is 79.6 cm³/mol. The number of benzene rings is 1. The SMILES string of the molecule is CC1CC(c2cccc(F)c2)N(C(=O)c2ccc(C(=O)O)o2)C1. The van der Waals surface area contributed by atoms with Gasteiger partial charge < -0.3 is 14.4 Å². The van der Waals surface area contributed by atoms with Crippen molar-refractivity contribution >= 4 is 11.9 Å². The van der Waals surface area contributed by atoms with Crippen molar-refractivity contribution in [1.82, 2.24) is 4.90 Å². The zero-order valence-electron chi connectivity index (χ0n) is 12.5. The highest BCUT2D eigenvalue weighted by Gasteiger charge is 2.36. The summed E-state index contributed by atoms with van der Waals surface area (Å²) in [6.07, 6.45) is 0.724. The normalized spacial score (nSPS) is 20.7. The molecule has 0 saturated carbocycles. The number of furan rings is 1. The molecule has 0 aliphatic carbocycles. The molecule has 2 aromatic rings. The van der Waals surface area contributed by atoms with Crippen LogP contribution in [0.2, 0.25) is 0 Å². The minimum absolute atomic E-state index is 0.0158. The lowest BCUT2D eigenvalue weighted by Crippen LogP contribution is -2.30. The van der Waals surface area contributed by atoms with Crippen molar-refractivity contribution in [2.45, 2.75) is 19.4 Å². The first-order chi connectivity index (χ1) is 11.0. The molecular weight excluding hydrogens is 301 g/mol. The van der Waals surface area contributed by atoms with E-state index in [-0.39, 0.29) is 35.2 Å². The Labute approximate surface area is 132 Å². The number of hydrogen-bond donors (Lipinski definition) is 1. The number of amides is 1. The first kappa shape index (κ1) is 15.3. The second-order valence-electron chi connectivity index (χ2n) is 5.84. The van der Waals surface area contributed by atoms with E-state index in [2.05, 4.69) is 0 Å². The summed E-state index contributed by atoms with van der Waals surface area (Å²) in [5, 5.41) is 8.89. The van der Waals surface area contributed by atoms with Crippen LogP contribution in [-0.4, -0.2) is 28.4 Å². The summed E-state index contributed by atoms with van der Waals surface area (Å²) in [4.78, 5) is 25.1. The Kier molecular flexibility index (Phi) is 3.90. The summed E-state index contributed by atoms with van der Waals surface area (Å²) in [6, 6.07) is 8.56. The number of hydrogen-bond acceptors (Lipinski definition) is 3. The fourth-order valence-electron chi connectivity index (χ4n) is 3.01. The van der Waals surface area contributed by atoms with Gasteiger partial charge in [-0.3, -0.25) is 4.79 Å². The van der Waals surface area contributed by atoms with Gasteiger partial charge >= 0.3 is 5.97 Å². The maximum Gasteiger partial charge on any atom is 0.371 e. The molecule has 120 valence electrons. The number of rotatable bonds is 3. The Balaban J connectivity index is 1.89. The number of aromatic carboxylic acids is 1. The second-order valence-corrected chi connectivity index (χ2v) is 5.84. The third-order valence-corrected chi connectivity index (χ3v) is 4.03. The van der Waals surface area contributed by atoms with Crippen LogP contribution in [0, 0.1) is 11.7 Å². The van der Waals surface area contributed by atoms with E-state index in [1.54, 1.807) is 17.0 Å². The number of halogens is 1. The number of likely N-dealkylation sites (tertiary alicyclic amines) is 1. The highest BCUT2D eigenvalue weighted by atomic mass is 19.1. The highest BCUT2D eigenvalue weighted by Crippen LogP contribution is 2.36. The molecule has 1 aromatic carbocycles. The third kappa shape index (κ3) is 2.97. The van der Waals surface area contributed by atoms with Crippen LogP contribution in [0.4, 0.5) is 4.39 Å². The number of carbonyl (C=O) groups is 2. The molecule has 3 rings (SSSR count). The quantitative estimate of drug-likeness (QED) is 0.942. The fraction of sp³-hybridized carbons (Fsp3) is 0.294. The molecule has 0 spiro atoms. The van der Waals surface area contributed by atoms with Crippen molar-refractivity contribution in [3.8, 4) is 0 Å². The molecule has 5 nitrogen and oxygen atoms in total. The Morgan fingerprint density at radius 2 is 2.00 bits per heavy atom. The van der Waals surface area contributed by atoms with Crippen LogP contribution in [0.25, 0.3) is 0 Å². The van der Waals surface area contributed by atoms with E-state index in [1.807, 2.05) is 6.92 Å². The molecule has 0 bridgehead atoms. The maximum absolute atomic E-state index is 13.5. The summed E-state index contributed by atoms with van der Waals surface area (Å²) in [5.74, 6) is -1.97. The van der Waals surface area contributed by atoms with Gasteiger partial charge in [0.05, 0.1) is 6.04 Å². The summed E-state index contributed by atoms with van der Waals surface area (Å²) in [7, 11) is 0. The molecule has 1 fully saturated rings. The number of nitrogens with zero attached hydrogens (tertiary/aromatic N) is 1. The Morgan fingerprint density at radius 3 is 2.65 bits per heavy atom. The number of carboxylic acid groups (broad SMARTS) is 1. The van der Waals surface area contributed by atoms with E-state index in [1.165, 1.54) is 24.3 Å². The minimum Gasteiger partial charge on any atom is -0.475 e. The molecule has 1 N–H and O–H groups in total. The van der Waals surface area contributed by atoms with Gasteiger partial charge in [-0.2, -0.15) is 0 Å². The lowest BCUT2D eigenvalue weighted by atomic mass is 10.0. The molecule has 1 aliphatic heterocycles. The van der Waals surface area contributed by atoms with Gasteiger partial charge in [0.1, 0.15) is 5.82 Å². The third-order valence-electron chi connectivity index (χ3n) is 4.03. The lowest BCUT2D eigenvalue weighted by molar-refractivity contribution is 0.0644. The zero-order chi connectivity index (χ0) is 16.6. The molecule has 1 aliphatic rings. The van der Waals surface area contributed by atoms with Crippen LogP contribution in [0.1, 0.15) is 46.1 Å². The van der Waals surface area contributed by atoms with Crippen molar-refractivity contribution in [3.05, 3.63) is 59.3 Å². The minimum atomic E-state index is -1.22. The van der Waals surface area contributed by atoms with Gasteiger partial charge in [-0.05, 0) is 42.2 Å². The predicted octanol–water partition coefficient (Wildman–Crippen LogP) is 3.34. The number of carbonyl (C=O) groups excluding carboxylic acids is 1. The van der Waals surface area contributed by atoms with Gasteiger partial charge in [-0.1, -0.05) is 19.1 Å². The van der Waals surface area contributed by atoms with E-state index >= 15 is 0 Å². The Hall–Kier alpha value is -2.63. The summed E-state index contributed by atoms with van der Waals surface area (Å²) < 4.78 is 18.6.